The third-order valence-electron chi connectivity index (χ3n) is 2.66. The Morgan fingerprint density at radius 3 is 2.75 bits per heavy atom. The molecule has 2 aromatic rings. The van der Waals surface area contributed by atoms with Crippen LogP contribution in [0, 0.1) is 6.92 Å². The Kier molecular flexibility index (Phi) is 4.70. The fourth-order valence-corrected chi connectivity index (χ4v) is 1.63. The molecule has 0 aliphatic rings. The summed E-state index contributed by atoms with van der Waals surface area (Å²) in [5, 5.41) is 5.84. The van der Waals surface area contributed by atoms with Crippen LogP contribution in [-0.2, 0) is 6.54 Å². The average Bonchev–Trinajstić information content (AvgIpc) is 2.89. The standard InChI is InChI=1S/C14H18N4O2/c1-3-6-15-13-9-16-12(8-17-13)14(19)18-7-11-5-4-10(2)20-11/h4-5,8-9H,3,6-7H2,1-2H3,(H,15,17)(H,18,19). The van der Waals surface area contributed by atoms with Crippen LogP contribution in [0.2, 0.25) is 0 Å². The summed E-state index contributed by atoms with van der Waals surface area (Å²) in [6.07, 6.45) is 4.02. The SMILES string of the molecule is CCCNc1cnc(C(=O)NCc2ccc(C)o2)cn1. The molecule has 0 atom stereocenters. The number of carbonyl (C=O) groups excluding carboxylic acids is 1. The van der Waals surface area contributed by atoms with Crippen LogP contribution in [0.3, 0.4) is 0 Å². The molecule has 2 aromatic heterocycles. The van der Waals surface area contributed by atoms with Gasteiger partial charge in [0, 0.05) is 6.54 Å². The Morgan fingerprint density at radius 2 is 2.15 bits per heavy atom. The normalized spacial score (nSPS) is 10.3. The van der Waals surface area contributed by atoms with Gasteiger partial charge in [0.2, 0.25) is 0 Å². The van der Waals surface area contributed by atoms with E-state index in [9.17, 15) is 4.79 Å². The number of amides is 1. The lowest BCUT2D eigenvalue weighted by atomic mass is 10.4. The fourth-order valence-electron chi connectivity index (χ4n) is 1.63. The molecule has 2 heterocycles. The first kappa shape index (κ1) is 14.0. The first-order valence-corrected chi connectivity index (χ1v) is 6.58. The van der Waals surface area contributed by atoms with E-state index in [-0.39, 0.29) is 11.6 Å². The van der Waals surface area contributed by atoms with Gasteiger partial charge in [0.1, 0.15) is 23.0 Å². The second kappa shape index (κ2) is 6.70. The molecular formula is C14H18N4O2. The molecule has 0 aliphatic carbocycles. The largest absolute Gasteiger partial charge is 0.465 e. The maximum Gasteiger partial charge on any atom is 0.271 e. The lowest BCUT2D eigenvalue weighted by Gasteiger charge is -2.05. The monoisotopic (exact) mass is 274 g/mol. The Morgan fingerprint density at radius 1 is 1.30 bits per heavy atom. The van der Waals surface area contributed by atoms with E-state index in [2.05, 4.69) is 27.5 Å². The summed E-state index contributed by atoms with van der Waals surface area (Å²) in [5.41, 5.74) is 0.287. The number of anilines is 1. The topological polar surface area (TPSA) is 80.0 Å². The van der Waals surface area contributed by atoms with E-state index in [0.717, 1.165) is 18.7 Å². The van der Waals surface area contributed by atoms with E-state index in [4.69, 9.17) is 4.42 Å². The van der Waals surface area contributed by atoms with Gasteiger partial charge in [-0.2, -0.15) is 0 Å². The molecular weight excluding hydrogens is 256 g/mol. The highest BCUT2D eigenvalue weighted by Gasteiger charge is 2.08. The van der Waals surface area contributed by atoms with Crippen LogP contribution in [-0.4, -0.2) is 22.4 Å². The quantitative estimate of drug-likeness (QED) is 0.843. The number of aryl methyl sites for hydroxylation is 1. The van der Waals surface area contributed by atoms with Gasteiger partial charge < -0.3 is 15.1 Å². The van der Waals surface area contributed by atoms with Gasteiger partial charge in [0.05, 0.1) is 18.9 Å². The van der Waals surface area contributed by atoms with Crippen molar-refractivity contribution >= 4 is 11.7 Å². The highest BCUT2D eigenvalue weighted by molar-refractivity contribution is 5.91. The van der Waals surface area contributed by atoms with E-state index in [1.54, 1.807) is 6.20 Å². The maximum absolute atomic E-state index is 11.9. The van der Waals surface area contributed by atoms with Crippen molar-refractivity contribution in [3.05, 3.63) is 41.7 Å². The zero-order valence-electron chi connectivity index (χ0n) is 11.6. The number of aromatic nitrogens is 2. The molecule has 0 saturated heterocycles. The van der Waals surface area contributed by atoms with Crippen molar-refractivity contribution in [2.24, 2.45) is 0 Å². The first-order valence-electron chi connectivity index (χ1n) is 6.58. The highest BCUT2D eigenvalue weighted by Crippen LogP contribution is 2.06. The molecule has 0 aliphatic heterocycles. The molecule has 0 unspecified atom stereocenters. The fraction of sp³-hybridized carbons (Fsp3) is 0.357. The molecule has 0 aromatic carbocycles. The summed E-state index contributed by atoms with van der Waals surface area (Å²) < 4.78 is 5.37. The molecule has 0 spiro atoms. The summed E-state index contributed by atoms with van der Waals surface area (Å²) in [5.74, 6) is 1.93. The van der Waals surface area contributed by atoms with Crippen LogP contribution < -0.4 is 10.6 Å². The number of furan rings is 1. The number of rotatable bonds is 6. The zero-order chi connectivity index (χ0) is 14.4. The van der Waals surface area contributed by atoms with Crippen LogP contribution in [0.4, 0.5) is 5.82 Å². The van der Waals surface area contributed by atoms with Gasteiger partial charge in [-0.3, -0.25) is 4.79 Å². The Balaban J connectivity index is 1.88. The molecule has 2 rings (SSSR count). The summed E-state index contributed by atoms with van der Waals surface area (Å²) in [6, 6.07) is 3.69. The van der Waals surface area contributed by atoms with Crippen LogP contribution in [0.25, 0.3) is 0 Å². The van der Waals surface area contributed by atoms with Crippen molar-refractivity contribution in [2.75, 3.05) is 11.9 Å². The maximum atomic E-state index is 11.9. The number of carbonyl (C=O) groups is 1. The number of hydrogen-bond acceptors (Lipinski definition) is 5. The third-order valence-corrected chi connectivity index (χ3v) is 2.66. The molecule has 20 heavy (non-hydrogen) atoms. The molecule has 1 amide bonds. The predicted molar refractivity (Wildman–Crippen MR) is 75.4 cm³/mol. The van der Waals surface area contributed by atoms with Crippen molar-refractivity contribution in [3.63, 3.8) is 0 Å². The first-order chi connectivity index (χ1) is 9.69. The van der Waals surface area contributed by atoms with Crippen LogP contribution in [0.5, 0.6) is 0 Å². The van der Waals surface area contributed by atoms with E-state index < -0.39 is 0 Å². The summed E-state index contributed by atoms with van der Waals surface area (Å²) in [4.78, 5) is 20.1. The second-order valence-electron chi connectivity index (χ2n) is 4.41. The molecule has 2 N–H and O–H groups in total. The number of nitrogens with zero attached hydrogens (tertiary/aromatic N) is 2. The molecule has 106 valence electrons. The Hall–Kier alpha value is -2.37. The van der Waals surface area contributed by atoms with Gasteiger partial charge in [-0.15, -0.1) is 0 Å². The molecule has 0 bridgehead atoms. The van der Waals surface area contributed by atoms with Gasteiger partial charge in [-0.05, 0) is 25.5 Å². The summed E-state index contributed by atoms with van der Waals surface area (Å²) in [6.45, 7) is 5.10. The molecule has 0 saturated carbocycles. The number of hydrogen-bond donors (Lipinski definition) is 2. The van der Waals surface area contributed by atoms with Crippen LogP contribution in [0.1, 0.15) is 35.4 Å². The zero-order valence-corrected chi connectivity index (χ0v) is 11.6. The highest BCUT2D eigenvalue weighted by atomic mass is 16.3. The third kappa shape index (κ3) is 3.81. The van der Waals surface area contributed by atoms with Gasteiger partial charge in [0.15, 0.2) is 0 Å². The predicted octanol–water partition coefficient (Wildman–Crippen LogP) is 2.13. The molecule has 6 nitrogen and oxygen atoms in total. The van der Waals surface area contributed by atoms with Gasteiger partial charge in [-0.1, -0.05) is 6.92 Å². The smallest absolute Gasteiger partial charge is 0.271 e. The average molecular weight is 274 g/mol. The van der Waals surface area contributed by atoms with Crippen molar-refractivity contribution < 1.29 is 9.21 Å². The lowest BCUT2D eigenvalue weighted by molar-refractivity contribution is 0.0942. The molecule has 0 radical (unpaired) electrons. The minimum absolute atomic E-state index is 0.270. The molecule has 6 heteroatoms. The Bertz CT molecular complexity index is 563. The van der Waals surface area contributed by atoms with E-state index in [1.807, 2.05) is 19.1 Å². The van der Waals surface area contributed by atoms with Crippen molar-refractivity contribution in [1.82, 2.24) is 15.3 Å². The Labute approximate surface area is 117 Å². The second-order valence-corrected chi connectivity index (χ2v) is 4.41. The summed E-state index contributed by atoms with van der Waals surface area (Å²) >= 11 is 0. The lowest BCUT2D eigenvalue weighted by Crippen LogP contribution is -2.23. The van der Waals surface area contributed by atoms with Crippen molar-refractivity contribution in [3.8, 4) is 0 Å². The number of nitrogens with one attached hydrogen (secondary N) is 2. The van der Waals surface area contributed by atoms with E-state index in [1.165, 1.54) is 6.20 Å². The van der Waals surface area contributed by atoms with Gasteiger partial charge in [-0.25, -0.2) is 9.97 Å². The van der Waals surface area contributed by atoms with Crippen LogP contribution >= 0.6 is 0 Å². The van der Waals surface area contributed by atoms with E-state index in [0.29, 0.717) is 18.1 Å². The minimum atomic E-state index is -0.270. The minimum Gasteiger partial charge on any atom is -0.465 e. The van der Waals surface area contributed by atoms with Crippen LogP contribution in [0.15, 0.2) is 28.9 Å². The van der Waals surface area contributed by atoms with Gasteiger partial charge in [0.25, 0.3) is 5.91 Å². The molecule has 0 fully saturated rings. The van der Waals surface area contributed by atoms with Crippen molar-refractivity contribution in [1.29, 1.82) is 0 Å². The summed E-state index contributed by atoms with van der Waals surface area (Å²) in [7, 11) is 0. The van der Waals surface area contributed by atoms with Gasteiger partial charge >= 0.3 is 0 Å². The van der Waals surface area contributed by atoms with E-state index >= 15 is 0 Å². The van der Waals surface area contributed by atoms with Crippen molar-refractivity contribution in [2.45, 2.75) is 26.8 Å².